The van der Waals surface area contributed by atoms with Crippen LogP contribution >= 0.6 is 11.6 Å². The first-order valence-corrected chi connectivity index (χ1v) is 4.46. The van der Waals surface area contributed by atoms with E-state index in [1.807, 2.05) is 6.07 Å². The van der Waals surface area contributed by atoms with Crippen molar-refractivity contribution in [1.82, 2.24) is 9.97 Å². The van der Waals surface area contributed by atoms with Crippen LogP contribution in [0.15, 0.2) is 18.2 Å². The number of amides is 1. The van der Waals surface area contributed by atoms with Crippen molar-refractivity contribution >= 4 is 34.5 Å². The van der Waals surface area contributed by atoms with Gasteiger partial charge in [0.1, 0.15) is 0 Å². The van der Waals surface area contributed by atoms with Gasteiger partial charge in [0.15, 0.2) is 0 Å². The number of aromatic nitrogens is 2. The van der Waals surface area contributed by atoms with Gasteiger partial charge in [0.05, 0.1) is 11.0 Å². The smallest absolute Gasteiger partial charge is 0.223 e. The number of H-pyrrole nitrogens is 1. The van der Waals surface area contributed by atoms with Crippen molar-refractivity contribution in [3.05, 3.63) is 23.2 Å². The Labute approximate surface area is 85.3 Å². The fourth-order valence-corrected chi connectivity index (χ4v) is 1.37. The van der Waals surface area contributed by atoms with Gasteiger partial charge in [-0.3, -0.25) is 10.1 Å². The van der Waals surface area contributed by atoms with E-state index in [0.29, 0.717) is 11.0 Å². The highest BCUT2D eigenvalue weighted by Gasteiger charge is 2.03. The van der Waals surface area contributed by atoms with Crippen LogP contribution in [0.5, 0.6) is 0 Å². The van der Waals surface area contributed by atoms with Gasteiger partial charge >= 0.3 is 0 Å². The van der Waals surface area contributed by atoms with Crippen molar-refractivity contribution in [2.24, 2.45) is 0 Å². The van der Waals surface area contributed by atoms with Crippen molar-refractivity contribution in [2.75, 3.05) is 5.32 Å². The van der Waals surface area contributed by atoms with Gasteiger partial charge < -0.3 is 4.98 Å². The van der Waals surface area contributed by atoms with E-state index in [1.165, 1.54) is 6.92 Å². The summed E-state index contributed by atoms with van der Waals surface area (Å²) < 4.78 is 0. The third kappa shape index (κ3) is 1.70. The number of hydrogen-bond donors (Lipinski definition) is 2. The number of nitrogens with zero attached hydrogens (tertiary/aromatic N) is 1. The van der Waals surface area contributed by atoms with Crippen molar-refractivity contribution < 1.29 is 4.79 Å². The van der Waals surface area contributed by atoms with Crippen LogP contribution in [0.3, 0.4) is 0 Å². The summed E-state index contributed by atoms with van der Waals surface area (Å²) in [5.74, 6) is 0.282. The Morgan fingerprint density at radius 2 is 2.36 bits per heavy atom. The molecule has 2 rings (SSSR count). The summed E-state index contributed by atoms with van der Waals surface area (Å²) in [6.07, 6.45) is 0. The zero-order chi connectivity index (χ0) is 10.1. The molecule has 0 aliphatic rings. The Morgan fingerprint density at radius 3 is 3.07 bits per heavy atom. The Balaban J connectivity index is 2.46. The molecule has 0 atom stereocenters. The van der Waals surface area contributed by atoms with E-state index in [4.69, 9.17) is 11.6 Å². The molecular weight excluding hydrogens is 202 g/mol. The van der Waals surface area contributed by atoms with Crippen molar-refractivity contribution in [3.8, 4) is 0 Å². The number of imidazole rings is 1. The lowest BCUT2D eigenvalue weighted by Crippen LogP contribution is -2.06. The molecule has 1 aromatic carbocycles. The van der Waals surface area contributed by atoms with E-state index >= 15 is 0 Å². The van der Waals surface area contributed by atoms with Gasteiger partial charge in [-0.15, -0.1) is 0 Å². The first-order chi connectivity index (χ1) is 6.65. The predicted octanol–water partition coefficient (Wildman–Crippen LogP) is 2.17. The summed E-state index contributed by atoms with van der Waals surface area (Å²) in [6, 6.07) is 5.31. The van der Waals surface area contributed by atoms with Crippen LogP contribution < -0.4 is 5.32 Å². The van der Waals surface area contributed by atoms with E-state index in [2.05, 4.69) is 15.3 Å². The van der Waals surface area contributed by atoms with Crippen LogP contribution in [0.4, 0.5) is 5.95 Å². The molecule has 2 N–H and O–H groups in total. The van der Waals surface area contributed by atoms with E-state index < -0.39 is 0 Å². The number of carbonyl (C=O) groups is 1. The van der Waals surface area contributed by atoms with Gasteiger partial charge in [-0.25, -0.2) is 4.98 Å². The average molecular weight is 210 g/mol. The summed E-state index contributed by atoms with van der Waals surface area (Å²) in [5, 5.41) is 3.19. The maximum Gasteiger partial charge on any atom is 0.223 e. The molecule has 1 aromatic heterocycles. The first kappa shape index (κ1) is 9.02. The summed E-state index contributed by atoms with van der Waals surface area (Å²) in [5.41, 5.74) is 1.58. The van der Waals surface area contributed by atoms with Crippen LogP contribution in [0, 0.1) is 0 Å². The minimum absolute atomic E-state index is 0.157. The van der Waals surface area contributed by atoms with E-state index in [-0.39, 0.29) is 5.91 Å². The fraction of sp³-hybridized carbons (Fsp3) is 0.111. The number of carbonyl (C=O) groups excluding carboxylic acids is 1. The fourth-order valence-electron chi connectivity index (χ4n) is 1.20. The normalized spacial score (nSPS) is 10.4. The van der Waals surface area contributed by atoms with Gasteiger partial charge in [-0.2, -0.15) is 0 Å². The van der Waals surface area contributed by atoms with Crippen LogP contribution in [-0.4, -0.2) is 15.9 Å². The van der Waals surface area contributed by atoms with Crippen molar-refractivity contribution in [1.29, 1.82) is 0 Å². The lowest BCUT2D eigenvalue weighted by Gasteiger charge is -1.92. The zero-order valence-corrected chi connectivity index (χ0v) is 8.22. The number of hydrogen-bond acceptors (Lipinski definition) is 2. The summed E-state index contributed by atoms with van der Waals surface area (Å²) >= 11 is 5.79. The van der Waals surface area contributed by atoms with Crippen LogP contribution in [0.1, 0.15) is 6.92 Å². The Hall–Kier alpha value is -1.55. The molecule has 4 nitrogen and oxygen atoms in total. The van der Waals surface area contributed by atoms with Gasteiger partial charge in [-0.1, -0.05) is 11.6 Å². The predicted molar refractivity (Wildman–Crippen MR) is 55.4 cm³/mol. The molecule has 14 heavy (non-hydrogen) atoms. The maximum atomic E-state index is 10.8. The van der Waals surface area contributed by atoms with Crippen LogP contribution in [0.2, 0.25) is 5.02 Å². The molecular formula is C9H8ClN3O. The monoisotopic (exact) mass is 209 g/mol. The Bertz CT molecular complexity index is 492. The number of fused-ring (bicyclic) bond motifs is 1. The molecule has 0 unspecified atom stereocenters. The third-order valence-corrected chi connectivity index (χ3v) is 1.97. The molecule has 2 aromatic rings. The average Bonchev–Trinajstić information content (AvgIpc) is 2.44. The Kier molecular flexibility index (Phi) is 2.13. The van der Waals surface area contributed by atoms with Gasteiger partial charge in [0.2, 0.25) is 11.9 Å². The SMILES string of the molecule is CC(=O)Nc1nc2cc(Cl)ccc2[nH]1. The van der Waals surface area contributed by atoms with Crippen LogP contribution in [0.25, 0.3) is 11.0 Å². The number of halogens is 1. The zero-order valence-electron chi connectivity index (χ0n) is 7.47. The molecule has 0 fully saturated rings. The number of rotatable bonds is 1. The number of benzene rings is 1. The Morgan fingerprint density at radius 1 is 1.57 bits per heavy atom. The molecule has 0 saturated carbocycles. The molecule has 0 aliphatic heterocycles. The maximum absolute atomic E-state index is 10.8. The second kappa shape index (κ2) is 3.31. The lowest BCUT2D eigenvalue weighted by atomic mass is 10.3. The number of nitrogens with one attached hydrogen (secondary N) is 2. The molecule has 0 bridgehead atoms. The molecule has 1 heterocycles. The number of anilines is 1. The molecule has 0 radical (unpaired) electrons. The summed E-state index contributed by atoms with van der Waals surface area (Å²) in [6.45, 7) is 1.43. The van der Waals surface area contributed by atoms with E-state index in [0.717, 1.165) is 11.0 Å². The van der Waals surface area contributed by atoms with Crippen LogP contribution in [-0.2, 0) is 4.79 Å². The highest BCUT2D eigenvalue weighted by molar-refractivity contribution is 6.31. The van der Waals surface area contributed by atoms with Crippen molar-refractivity contribution in [2.45, 2.75) is 6.92 Å². The molecule has 0 spiro atoms. The lowest BCUT2D eigenvalue weighted by molar-refractivity contribution is -0.114. The quantitative estimate of drug-likeness (QED) is 0.756. The minimum Gasteiger partial charge on any atom is -0.324 e. The third-order valence-electron chi connectivity index (χ3n) is 1.74. The molecule has 0 aliphatic carbocycles. The largest absolute Gasteiger partial charge is 0.324 e. The topological polar surface area (TPSA) is 57.8 Å². The summed E-state index contributed by atoms with van der Waals surface area (Å²) in [7, 11) is 0. The van der Waals surface area contributed by atoms with Gasteiger partial charge in [-0.05, 0) is 18.2 Å². The highest BCUT2D eigenvalue weighted by Crippen LogP contribution is 2.18. The summed E-state index contributed by atoms with van der Waals surface area (Å²) in [4.78, 5) is 17.9. The molecule has 5 heteroatoms. The molecule has 72 valence electrons. The van der Waals surface area contributed by atoms with E-state index in [9.17, 15) is 4.79 Å². The number of aromatic amines is 1. The first-order valence-electron chi connectivity index (χ1n) is 4.08. The second-order valence-electron chi connectivity index (χ2n) is 2.93. The van der Waals surface area contributed by atoms with Gasteiger partial charge in [0.25, 0.3) is 0 Å². The molecule has 1 amide bonds. The van der Waals surface area contributed by atoms with Gasteiger partial charge in [0, 0.05) is 11.9 Å². The van der Waals surface area contributed by atoms with Crippen molar-refractivity contribution in [3.63, 3.8) is 0 Å². The second-order valence-corrected chi connectivity index (χ2v) is 3.36. The standard InChI is InChI=1S/C9H8ClN3O/c1-5(14)11-9-12-7-3-2-6(10)4-8(7)13-9/h2-4H,1H3,(H2,11,12,13,14). The highest BCUT2D eigenvalue weighted by atomic mass is 35.5. The molecule has 0 saturated heterocycles. The minimum atomic E-state index is -0.157. The van der Waals surface area contributed by atoms with E-state index in [1.54, 1.807) is 12.1 Å².